The summed E-state index contributed by atoms with van der Waals surface area (Å²) in [6.07, 6.45) is 5.99. The van der Waals surface area contributed by atoms with Crippen molar-refractivity contribution in [3.63, 3.8) is 0 Å². The molecule has 1 amide bonds. The van der Waals surface area contributed by atoms with Crippen molar-refractivity contribution in [2.45, 2.75) is 12.5 Å². The molecular weight excluding hydrogens is 388 g/mol. The average molecular weight is 411 g/mol. The fourth-order valence-corrected chi connectivity index (χ4v) is 4.43. The number of aliphatic hydroxyl groups is 1. The van der Waals surface area contributed by atoms with Gasteiger partial charge in [0.2, 0.25) is 0 Å². The molecule has 2 aromatic heterocycles. The zero-order chi connectivity index (χ0) is 18.1. The smallest absolute Gasteiger partial charge is 0.261 e. The number of hydrogen-bond donors (Lipinski definition) is 3. The van der Waals surface area contributed by atoms with Crippen LogP contribution in [-0.2, 0) is 4.79 Å². The third-order valence-corrected chi connectivity index (χ3v) is 5.98. The van der Waals surface area contributed by atoms with Crippen LogP contribution in [-0.4, -0.2) is 68.9 Å². The SMILES string of the molecule is Cl.N[C@H]1CN(C(=O)C2=CN(c3ncnc4[nH]ccc34)CCS2)CC[C@@H]1CO. The Labute approximate surface area is 167 Å². The molecule has 4 heterocycles. The first-order chi connectivity index (χ1) is 12.7. The first-order valence-electron chi connectivity index (χ1n) is 8.72. The van der Waals surface area contributed by atoms with Gasteiger partial charge in [-0.1, -0.05) is 0 Å². The molecule has 0 spiro atoms. The number of nitrogens with zero attached hydrogens (tertiary/aromatic N) is 4. The number of fused-ring (bicyclic) bond motifs is 1. The highest BCUT2D eigenvalue weighted by molar-refractivity contribution is 8.04. The van der Waals surface area contributed by atoms with Crippen molar-refractivity contribution >= 4 is 46.9 Å². The number of amides is 1. The number of piperidine rings is 1. The highest BCUT2D eigenvalue weighted by atomic mass is 35.5. The third-order valence-electron chi connectivity index (χ3n) is 5.01. The minimum Gasteiger partial charge on any atom is -0.396 e. The van der Waals surface area contributed by atoms with Gasteiger partial charge < -0.3 is 25.6 Å². The number of nitrogens with one attached hydrogen (secondary N) is 1. The number of aliphatic hydroxyl groups excluding tert-OH is 1. The zero-order valence-corrected chi connectivity index (χ0v) is 16.4. The number of rotatable bonds is 3. The van der Waals surface area contributed by atoms with E-state index in [4.69, 9.17) is 5.73 Å². The fraction of sp³-hybridized carbons (Fsp3) is 0.471. The largest absolute Gasteiger partial charge is 0.396 e. The Hall–Kier alpha value is -1.81. The van der Waals surface area contributed by atoms with Gasteiger partial charge in [0.05, 0.1) is 10.3 Å². The molecule has 27 heavy (non-hydrogen) atoms. The van der Waals surface area contributed by atoms with Crippen LogP contribution in [0.2, 0.25) is 0 Å². The number of carbonyl (C=O) groups is 1. The summed E-state index contributed by atoms with van der Waals surface area (Å²) in [5.41, 5.74) is 6.89. The molecule has 10 heteroatoms. The quantitative estimate of drug-likeness (QED) is 0.690. The van der Waals surface area contributed by atoms with E-state index in [1.165, 1.54) is 6.33 Å². The standard InChI is InChI=1S/C17H22N6O2S.ClH/c18-13-7-23(4-2-11(13)9-24)17(25)14-8-22(5-6-26-14)16-12-1-3-19-15(12)20-10-21-16;/h1,3,8,10-11,13,24H,2,4-7,9,18H2,(H,19,20,21);1H/t11-,13+;/m1./s1. The second-order valence-electron chi connectivity index (χ2n) is 6.62. The van der Waals surface area contributed by atoms with E-state index in [1.807, 2.05) is 23.4 Å². The molecule has 4 rings (SSSR count). The molecule has 0 saturated carbocycles. The molecule has 4 N–H and O–H groups in total. The molecule has 0 aromatic carbocycles. The number of carbonyl (C=O) groups excluding carboxylic acids is 1. The predicted octanol–water partition coefficient (Wildman–Crippen LogP) is 0.942. The van der Waals surface area contributed by atoms with Crippen LogP contribution >= 0.6 is 24.2 Å². The summed E-state index contributed by atoms with van der Waals surface area (Å²) in [4.78, 5) is 29.2. The molecule has 0 radical (unpaired) electrons. The van der Waals surface area contributed by atoms with Gasteiger partial charge in [0.1, 0.15) is 17.8 Å². The Bertz CT molecular complexity index is 844. The molecule has 2 atom stereocenters. The first-order valence-corrected chi connectivity index (χ1v) is 9.71. The summed E-state index contributed by atoms with van der Waals surface area (Å²) in [6, 6.07) is 1.77. The van der Waals surface area contributed by atoms with E-state index < -0.39 is 0 Å². The summed E-state index contributed by atoms with van der Waals surface area (Å²) in [5.74, 6) is 1.70. The van der Waals surface area contributed by atoms with Gasteiger partial charge in [0, 0.05) is 56.4 Å². The summed E-state index contributed by atoms with van der Waals surface area (Å²) >= 11 is 1.57. The number of anilines is 1. The summed E-state index contributed by atoms with van der Waals surface area (Å²) in [7, 11) is 0. The molecule has 2 aliphatic rings. The lowest BCUT2D eigenvalue weighted by atomic mass is 9.93. The Morgan fingerprint density at radius 1 is 1.41 bits per heavy atom. The topological polar surface area (TPSA) is 111 Å². The lowest BCUT2D eigenvalue weighted by Crippen LogP contribution is -2.51. The van der Waals surface area contributed by atoms with Crippen molar-refractivity contribution in [1.29, 1.82) is 0 Å². The van der Waals surface area contributed by atoms with Crippen molar-refractivity contribution in [2.75, 3.05) is 36.9 Å². The molecule has 1 saturated heterocycles. The van der Waals surface area contributed by atoms with Gasteiger partial charge >= 0.3 is 0 Å². The summed E-state index contributed by atoms with van der Waals surface area (Å²) in [6.45, 7) is 1.97. The van der Waals surface area contributed by atoms with Crippen LogP contribution in [0.3, 0.4) is 0 Å². The summed E-state index contributed by atoms with van der Waals surface area (Å²) in [5, 5.41) is 10.3. The Balaban J connectivity index is 0.00000210. The Morgan fingerprint density at radius 3 is 3.04 bits per heavy atom. The van der Waals surface area contributed by atoms with Crippen molar-refractivity contribution in [2.24, 2.45) is 11.7 Å². The number of H-pyrrole nitrogens is 1. The van der Waals surface area contributed by atoms with E-state index in [1.54, 1.807) is 16.7 Å². The molecule has 0 aliphatic carbocycles. The minimum absolute atomic E-state index is 0. The Morgan fingerprint density at radius 2 is 2.26 bits per heavy atom. The predicted molar refractivity (Wildman–Crippen MR) is 109 cm³/mol. The number of aromatic nitrogens is 3. The van der Waals surface area contributed by atoms with Gasteiger partial charge in [0.15, 0.2) is 0 Å². The van der Waals surface area contributed by atoms with Crippen LogP contribution < -0.4 is 10.6 Å². The highest BCUT2D eigenvalue weighted by Gasteiger charge is 2.31. The molecule has 2 aliphatic heterocycles. The maximum absolute atomic E-state index is 12.9. The minimum atomic E-state index is -0.177. The first kappa shape index (κ1) is 19.9. The lowest BCUT2D eigenvalue weighted by molar-refractivity contribution is -0.128. The van der Waals surface area contributed by atoms with Gasteiger partial charge in [-0.25, -0.2) is 9.97 Å². The molecule has 2 aromatic rings. The van der Waals surface area contributed by atoms with E-state index >= 15 is 0 Å². The van der Waals surface area contributed by atoms with Crippen LogP contribution in [0.25, 0.3) is 11.0 Å². The normalized spacial score (nSPS) is 23.1. The van der Waals surface area contributed by atoms with E-state index in [9.17, 15) is 9.90 Å². The number of nitrogens with two attached hydrogens (primary N) is 1. The molecule has 8 nitrogen and oxygen atoms in total. The van der Waals surface area contributed by atoms with Crippen molar-refractivity contribution in [3.05, 3.63) is 29.7 Å². The molecule has 0 unspecified atom stereocenters. The van der Waals surface area contributed by atoms with Crippen LogP contribution in [0.15, 0.2) is 29.7 Å². The van der Waals surface area contributed by atoms with Gasteiger partial charge in [-0.05, 0) is 12.5 Å². The van der Waals surface area contributed by atoms with E-state index in [0.717, 1.165) is 35.6 Å². The maximum atomic E-state index is 12.9. The number of hydrogen-bond acceptors (Lipinski definition) is 7. The van der Waals surface area contributed by atoms with Crippen molar-refractivity contribution < 1.29 is 9.90 Å². The van der Waals surface area contributed by atoms with Gasteiger partial charge in [-0.15, -0.1) is 24.2 Å². The maximum Gasteiger partial charge on any atom is 0.261 e. The number of halogens is 1. The molecule has 146 valence electrons. The third kappa shape index (κ3) is 3.91. The average Bonchev–Trinajstić information content (AvgIpc) is 3.16. The number of aromatic amines is 1. The van der Waals surface area contributed by atoms with Crippen LogP contribution in [0.1, 0.15) is 6.42 Å². The van der Waals surface area contributed by atoms with Crippen LogP contribution in [0.4, 0.5) is 5.82 Å². The van der Waals surface area contributed by atoms with E-state index in [0.29, 0.717) is 18.0 Å². The fourth-order valence-electron chi connectivity index (χ4n) is 3.47. The van der Waals surface area contributed by atoms with Crippen LogP contribution in [0, 0.1) is 5.92 Å². The second kappa shape index (κ2) is 8.47. The molecule has 0 bridgehead atoms. The summed E-state index contributed by atoms with van der Waals surface area (Å²) < 4.78 is 0. The van der Waals surface area contributed by atoms with Gasteiger partial charge in [-0.2, -0.15) is 0 Å². The van der Waals surface area contributed by atoms with Gasteiger partial charge in [0.25, 0.3) is 5.91 Å². The van der Waals surface area contributed by atoms with Gasteiger partial charge in [-0.3, -0.25) is 4.79 Å². The van der Waals surface area contributed by atoms with E-state index in [2.05, 4.69) is 15.0 Å². The number of likely N-dealkylation sites (tertiary alicyclic amines) is 1. The highest BCUT2D eigenvalue weighted by Crippen LogP contribution is 2.30. The molecular formula is C17H23ClN6O2S. The second-order valence-corrected chi connectivity index (χ2v) is 7.76. The monoisotopic (exact) mass is 410 g/mol. The zero-order valence-electron chi connectivity index (χ0n) is 14.7. The van der Waals surface area contributed by atoms with Crippen LogP contribution in [0.5, 0.6) is 0 Å². The lowest BCUT2D eigenvalue weighted by Gasteiger charge is -2.37. The molecule has 1 fully saturated rings. The van der Waals surface area contributed by atoms with Crippen molar-refractivity contribution in [3.8, 4) is 0 Å². The Kier molecular flexibility index (Phi) is 6.25. The van der Waals surface area contributed by atoms with Crippen molar-refractivity contribution in [1.82, 2.24) is 19.9 Å². The number of thioether (sulfide) groups is 1. The van der Waals surface area contributed by atoms with E-state index in [-0.39, 0.29) is 36.9 Å².